The van der Waals surface area contributed by atoms with Crippen LogP contribution in [-0.2, 0) is 32.6 Å². The number of nitrogens with one attached hydrogen (secondary N) is 1. The summed E-state index contributed by atoms with van der Waals surface area (Å²) in [6.45, 7) is 6.96. The molecule has 0 aliphatic carbocycles. The van der Waals surface area contributed by atoms with Crippen LogP contribution in [0.4, 0.5) is 5.69 Å². The van der Waals surface area contributed by atoms with Crippen LogP contribution in [0.2, 0.25) is 10.0 Å². The lowest BCUT2D eigenvalue weighted by Gasteiger charge is -2.34. The maximum absolute atomic E-state index is 14.5. The van der Waals surface area contributed by atoms with Crippen molar-refractivity contribution in [3.8, 4) is 0 Å². The summed E-state index contributed by atoms with van der Waals surface area (Å²) in [5.74, 6) is -0.912. The first-order chi connectivity index (χ1) is 21.4. The van der Waals surface area contributed by atoms with Crippen LogP contribution in [0.25, 0.3) is 0 Å². The van der Waals surface area contributed by atoms with E-state index >= 15 is 0 Å². The van der Waals surface area contributed by atoms with Crippen molar-refractivity contribution in [1.29, 1.82) is 0 Å². The molecule has 236 valence electrons. The number of halogens is 2. The van der Waals surface area contributed by atoms with Crippen LogP contribution in [0, 0.1) is 13.8 Å². The fourth-order valence-electron chi connectivity index (χ4n) is 4.90. The van der Waals surface area contributed by atoms with Crippen molar-refractivity contribution in [2.45, 2.75) is 57.6 Å². The Labute approximate surface area is 275 Å². The van der Waals surface area contributed by atoms with Gasteiger partial charge in [-0.2, -0.15) is 0 Å². The van der Waals surface area contributed by atoms with E-state index < -0.39 is 28.5 Å². The molecule has 45 heavy (non-hydrogen) atoms. The molecule has 0 spiro atoms. The predicted molar refractivity (Wildman–Crippen MR) is 181 cm³/mol. The molecule has 4 aromatic rings. The Balaban J connectivity index is 1.83. The van der Waals surface area contributed by atoms with Crippen LogP contribution in [0.15, 0.2) is 102 Å². The van der Waals surface area contributed by atoms with Gasteiger partial charge in [0.25, 0.3) is 10.0 Å². The number of hydrogen-bond donors (Lipinski definition) is 1. The second-order valence-corrected chi connectivity index (χ2v) is 13.9. The first-order valence-corrected chi connectivity index (χ1v) is 16.8. The summed E-state index contributed by atoms with van der Waals surface area (Å²) in [5, 5.41) is 3.60. The molecule has 7 nitrogen and oxygen atoms in total. The average Bonchev–Trinajstić information content (AvgIpc) is 3.01. The molecule has 0 aliphatic rings. The summed E-state index contributed by atoms with van der Waals surface area (Å²) in [5.41, 5.74) is 3.68. The van der Waals surface area contributed by atoms with Gasteiger partial charge >= 0.3 is 0 Å². The van der Waals surface area contributed by atoms with Crippen molar-refractivity contribution < 1.29 is 18.0 Å². The van der Waals surface area contributed by atoms with Crippen molar-refractivity contribution in [2.24, 2.45) is 0 Å². The van der Waals surface area contributed by atoms with Gasteiger partial charge in [0.05, 0.1) is 20.6 Å². The molecule has 0 saturated carbocycles. The molecule has 4 aromatic carbocycles. The van der Waals surface area contributed by atoms with E-state index in [1.54, 1.807) is 48.5 Å². The molecule has 2 amide bonds. The Hall–Kier alpha value is -3.85. The molecule has 0 bridgehead atoms. The third-order valence-corrected chi connectivity index (χ3v) is 9.95. The Morgan fingerprint density at radius 2 is 1.42 bits per heavy atom. The summed E-state index contributed by atoms with van der Waals surface area (Å²) >= 11 is 12.5. The standard InChI is InChI=1S/C35H37Cl2N3O4S/c1-24(2)38-35(42)33(21-27-11-7-5-8-12-27)39(22-28-16-18-31(36)32(37)20-28)34(41)23-40(29-17-15-25(3)26(4)19-29)45(43,44)30-13-9-6-10-14-30/h5-20,24,33H,21-23H2,1-4H3,(H,38,42)/t33-/m1/s1. The maximum atomic E-state index is 14.5. The van der Waals surface area contributed by atoms with Crippen molar-refractivity contribution in [3.63, 3.8) is 0 Å². The summed E-state index contributed by atoms with van der Waals surface area (Å²) in [7, 11) is -4.17. The lowest BCUT2D eigenvalue weighted by atomic mass is 10.0. The van der Waals surface area contributed by atoms with Gasteiger partial charge in [-0.25, -0.2) is 8.42 Å². The molecule has 1 atom stereocenters. The molecular formula is C35H37Cl2N3O4S. The van der Waals surface area contributed by atoms with E-state index in [0.717, 1.165) is 21.0 Å². The molecular weight excluding hydrogens is 629 g/mol. The second-order valence-electron chi connectivity index (χ2n) is 11.2. The number of aryl methyl sites for hydroxylation is 2. The van der Waals surface area contributed by atoms with E-state index in [9.17, 15) is 18.0 Å². The molecule has 0 aliphatic heterocycles. The number of carbonyl (C=O) groups is 2. The van der Waals surface area contributed by atoms with Crippen LogP contribution >= 0.6 is 23.2 Å². The molecule has 0 saturated heterocycles. The van der Waals surface area contributed by atoms with Crippen LogP contribution in [0.1, 0.15) is 36.1 Å². The summed E-state index contributed by atoms with van der Waals surface area (Å²) in [4.78, 5) is 29.8. The third-order valence-electron chi connectivity index (χ3n) is 7.43. The molecule has 1 N–H and O–H groups in total. The molecule has 4 rings (SSSR count). The second kappa shape index (κ2) is 15.0. The first kappa shape index (κ1) is 34.0. The SMILES string of the molecule is Cc1ccc(N(CC(=O)N(Cc2ccc(Cl)c(Cl)c2)[C@H](Cc2ccccc2)C(=O)NC(C)C)S(=O)(=O)c2ccccc2)cc1C. The zero-order chi connectivity index (χ0) is 32.7. The Kier molecular flexibility index (Phi) is 11.3. The highest BCUT2D eigenvalue weighted by molar-refractivity contribution is 7.92. The Morgan fingerprint density at radius 1 is 0.778 bits per heavy atom. The number of amides is 2. The average molecular weight is 667 g/mol. The number of rotatable bonds is 12. The zero-order valence-corrected chi connectivity index (χ0v) is 28.0. The topological polar surface area (TPSA) is 86.8 Å². The smallest absolute Gasteiger partial charge is 0.264 e. The van der Waals surface area contributed by atoms with E-state index in [-0.39, 0.29) is 29.8 Å². The zero-order valence-electron chi connectivity index (χ0n) is 25.7. The number of anilines is 1. The van der Waals surface area contributed by atoms with Crippen molar-refractivity contribution >= 4 is 50.7 Å². The molecule has 0 radical (unpaired) electrons. The van der Waals surface area contributed by atoms with Gasteiger partial charge in [-0.05, 0) is 86.3 Å². The fourth-order valence-corrected chi connectivity index (χ4v) is 6.65. The number of nitrogens with zero attached hydrogens (tertiary/aromatic N) is 2. The van der Waals surface area contributed by atoms with Crippen LogP contribution in [-0.4, -0.2) is 43.8 Å². The summed E-state index contributed by atoms with van der Waals surface area (Å²) < 4.78 is 29.3. The van der Waals surface area contributed by atoms with E-state index in [1.165, 1.54) is 17.0 Å². The molecule has 10 heteroatoms. The minimum atomic E-state index is -4.17. The van der Waals surface area contributed by atoms with Gasteiger partial charge in [0.2, 0.25) is 11.8 Å². The summed E-state index contributed by atoms with van der Waals surface area (Å²) in [6, 6.07) is 26.5. The van der Waals surface area contributed by atoms with Gasteiger partial charge in [-0.15, -0.1) is 0 Å². The molecule has 0 heterocycles. The fraction of sp³-hybridized carbons (Fsp3) is 0.257. The Bertz CT molecular complexity index is 1750. The Morgan fingerprint density at radius 3 is 2.02 bits per heavy atom. The largest absolute Gasteiger partial charge is 0.352 e. The minimum Gasteiger partial charge on any atom is -0.352 e. The van der Waals surface area contributed by atoms with Crippen LogP contribution in [0.5, 0.6) is 0 Å². The van der Waals surface area contributed by atoms with E-state index in [1.807, 2.05) is 64.1 Å². The lowest BCUT2D eigenvalue weighted by molar-refractivity contribution is -0.140. The van der Waals surface area contributed by atoms with Crippen molar-refractivity contribution in [1.82, 2.24) is 10.2 Å². The molecule has 0 aromatic heterocycles. The van der Waals surface area contributed by atoms with Crippen LogP contribution in [0.3, 0.4) is 0 Å². The maximum Gasteiger partial charge on any atom is 0.264 e. The molecule has 0 fully saturated rings. The van der Waals surface area contributed by atoms with Gasteiger partial charge in [0, 0.05) is 19.0 Å². The number of benzene rings is 4. The van der Waals surface area contributed by atoms with E-state index in [0.29, 0.717) is 21.3 Å². The number of hydrogen-bond acceptors (Lipinski definition) is 4. The summed E-state index contributed by atoms with van der Waals surface area (Å²) in [6.07, 6.45) is 0.210. The van der Waals surface area contributed by atoms with Crippen molar-refractivity contribution in [2.75, 3.05) is 10.8 Å². The normalized spacial score (nSPS) is 12.1. The highest BCUT2D eigenvalue weighted by atomic mass is 35.5. The highest BCUT2D eigenvalue weighted by Crippen LogP contribution is 2.28. The number of sulfonamides is 1. The van der Waals surface area contributed by atoms with Gasteiger partial charge in [-0.1, -0.05) is 83.9 Å². The van der Waals surface area contributed by atoms with Crippen molar-refractivity contribution in [3.05, 3.63) is 129 Å². The highest BCUT2D eigenvalue weighted by Gasteiger charge is 2.35. The van der Waals surface area contributed by atoms with E-state index in [2.05, 4.69) is 5.32 Å². The quantitative estimate of drug-likeness (QED) is 0.177. The predicted octanol–water partition coefficient (Wildman–Crippen LogP) is 6.97. The van der Waals surface area contributed by atoms with Gasteiger partial charge in [0.15, 0.2) is 0 Å². The monoisotopic (exact) mass is 665 g/mol. The van der Waals surface area contributed by atoms with E-state index in [4.69, 9.17) is 23.2 Å². The lowest BCUT2D eigenvalue weighted by Crippen LogP contribution is -2.54. The van der Waals surface area contributed by atoms with Gasteiger partial charge in [-0.3, -0.25) is 13.9 Å². The number of carbonyl (C=O) groups excluding carboxylic acids is 2. The molecule has 0 unspecified atom stereocenters. The van der Waals surface area contributed by atoms with Crippen LogP contribution < -0.4 is 9.62 Å². The first-order valence-electron chi connectivity index (χ1n) is 14.6. The third kappa shape index (κ3) is 8.66. The minimum absolute atomic E-state index is 0.00904. The van der Waals surface area contributed by atoms with Gasteiger partial charge < -0.3 is 10.2 Å². The van der Waals surface area contributed by atoms with Gasteiger partial charge in [0.1, 0.15) is 12.6 Å².